The number of hydrogen-bond acceptors (Lipinski definition) is 8. The first-order chi connectivity index (χ1) is 16.1. The van der Waals surface area contributed by atoms with Gasteiger partial charge in [0.1, 0.15) is 18.1 Å². The van der Waals surface area contributed by atoms with Crippen molar-refractivity contribution in [1.29, 1.82) is 0 Å². The minimum absolute atomic E-state index is 0.299. The van der Waals surface area contributed by atoms with E-state index in [2.05, 4.69) is 32.4 Å². The van der Waals surface area contributed by atoms with E-state index < -0.39 is 12.1 Å². The lowest BCUT2D eigenvalue weighted by Gasteiger charge is -2.21. The number of rotatable bonds is 11. The van der Waals surface area contributed by atoms with Gasteiger partial charge in [-0.3, -0.25) is 4.79 Å². The van der Waals surface area contributed by atoms with Crippen molar-refractivity contribution >= 4 is 40.3 Å². The molecule has 0 aliphatic carbocycles. The summed E-state index contributed by atoms with van der Waals surface area (Å²) in [5.41, 5.74) is 1.33. The lowest BCUT2D eigenvalue weighted by molar-refractivity contribution is 0.0846. The molecule has 0 fully saturated rings. The molecule has 0 spiro atoms. The van der Waals surface area contributed by atoms with Crippen LogP contribution >= 0.6 is 34.4 Å². The average Bonchev–Trinajstić information content (AvgIpc) is 3.59. The summed E-state index contributed by atoms with van der Waals surface area (Å²) in [4.78, 5) is 24.5. The second-order valence-corrected chi connectivity index (χ2v) is 10.9. The van der Waals surface area contributed by atoms with E-state index in [9.17, 15) is 9.90 Å². The minimum atomic E-state index is -0.694. The molecule has 172 valence electrons. The highest BCUT2D eigenvalue weighted by atomic mass is 32.2. The summed E-state index contributed by atoms with van der Waals surface area (Å²) in [6.45, 7) is 2.16. The molecule has 7 nitrogen and oxygen atoms in total. The molecule has 0 aliphatic heterocycles. The molecular weight excluding hydrogens is 476 g/mol. The Hall–Kier alpha value is -2.66. The number of benzene rings is 1. The molecule has 10 heteroatoms. The summed E-state index contributed by atoms with van der Waals surface area (Å²) in [6, 6.07) is 11.7. The van der Waals surface area contributed by atoms with E-state index in [1.165, 1.54) is 16.7 Å². The number of nitrogens with one attached hydrogen (secondary N) is 2. The zero-order chi connectivity index (χ0) is 23.0. The summed E-state index contributed by atoms with van der Waals surface area (Å²) in [5.74, 6) is 0.499. The number of aliphatic hydroxyl groups excluding tert-OH is 1. The molecule has 4 rings (SSSR count). The number of nitrogens with zero attached hydrogens (tertiary/aromatic N) is 2. The first kappa shape index (κ1) is 23.5. The van der Waals surface area contributed by atoms with Gasteiger partial charge in [-0.2, -0.15) is 0 Å². The normalized spacial score (nSPS) is 12.9. The van der Waals surface area contributed by atoms with Crippen LogP contribution in [0.3, 0.4) is 0 Å². The predicted octanol–water partition coefficient (Wildman–Crippen LogP) is 4.77. The number of para-hydroxylation sites is 1. The molecule has 3 aromatic heterocycles. The fourth-order valence-electron chi connectivity index (χ4n) is 3.21. The minimum Gasteiger partial charge on any atom is -0.488 e. The smallest absolute Gasteiger partial charge is 0.271 e. The standard InChI is InChI=1S/C23H24N4O3S3/c1-15(28)18(27-22(29)19-12-24-14-26-19)8-6-16-4-2-3-5-20(16)30-13-17-7-9-21(32-17)33-23-25-10-11-31-23/h2-5,7,9-12,14-15,18,28H,6,8,13H2,1H3,(H,24,26)(H,27,29)/t15-,18+/m0/s1. The third-order valence-electron chi connectivity index (χ3n) is 4.93. The number of carbonyl (C=O) groups is 1. The maximum absolute atomic E-state index is 12.3. The van der Waals surface area contributed by atoms with Gasteiger partial charge in [-0.1, -0.05) is 18.2 Å². The van der Waals surface area contributed by atoms with Crippen LogP contribution in [0, 0.1) is 0 Å². The van der Waals surface area contributed by atoms with Crippen molar-refractivity contribution in [3.63, 3.8) is 0 Å². The highest BCUT2D eigenvalue weighted by Crippen LogP contribution is 2.35. The Morgan fingerprint density at radius 2 is 2.15 bits per heavy atom. The first-order valence-corrected chi connectivity index (χ1v) is 12.9. The number of amides is 1. The molecule has 3 N–H and O–H groups in total. The second kappa shape index (κ2) is 11.5. The van der Waals surface area contributed by atoms with E-state index >= 15 is 0 Å². The van der Waals surface area contributed by atoms with Gasteiger partial charge in [0.05, 0.1) is 22.7 Å². The molecule has 0 bridgehead atoms. The van der Waals surface area contributed by atoms with Gasteiger partial charge in [0, 0.05) is 22.7 Å². The van der Waals surface area contributed by atoms with E-state index in [1.54, 1.807) is 41.4 Å². The van der Waals surface area contributed by atoms with Crippen molar-refractivity contribution in [2.45, 2.75) is 47.1 Å². The third-order valence-corrected chi connectivity index (χ3v) is 8.01. The quantitative estimate of drug-likeness (QED) is 0.274. The van der Waals surface area contributed by atoms with Crippen LogP contribution < -0.4 is 10.1 Å². The van der Waals surface area contributed by atoms with Crippen molar-refractivity contribution in [3.8, 4) is 5.75 Å². The van der Waals surface area contributed by atoms with Crippen LogP contribution in [0.5, 0.6) is 5.75 Å². The van der Waals surface area contributed by atoms with Gasteiger partial charge in [-0.05, 0) is 55.3 Å². The maximum Gasteiger partial charge on any atom is 0.271 e. The number of carbonyl (C=O) groups excluding carboxylic acids is 1. The molecule has 0 saturated carbocycles. The lowest BCUT2D eigenvalue weighted by atomic mass is 10.0. The number of thiazole rings is 1. The Balaban J connectivity index is 1.34. The van der Waals surface area contributed by atoms with Crippen molar-refractivity contribution < 1.29 is 14.6 Å². The summed E-state index contributed by atoms with van der Waals surface area (Å²) in [6.07, 6.45) is 5.33. The molecule has 2 atom stereocenters. The number of ether oxygens (including phenoxy) is 1. The van der Waals surface area contributed by atoms with Crippen molar-refractivity contribution in [1.82, 2.24) is 20.3 Å². The number of aromatic nitrogens is 3. The monoisotopic (exact) mass is 500 g/mol. The molecule has 0 saturated heterocycles. The van der Waals surface area contributed by atoms with Crippen molar-refractivity contribution in [3.05, 3.63) is 76.6 Å². The number of H-pyrrole nitrogens is 1. The molecule has 1 aromatic carbocycles. The van der Waals surface area contributed by atoms with Crippen LogP contribution in [0.25, 0.3) is 0 Å². The molecule has 0 unspecified atom stereocenters. The van der Waals surface area contributed by atoms with Crippen molar-refractivity contribution in [2.75, 3.05) is 0 Å². The zero-order valence-corrected chi connectivity index (χ0v) is 20.4. The fourth-order valence-corrected chi connectivity index (χ4v) is 6.15. The van der Waals surface area contributed by atoms with E-state index in [-0.39, 0.29) is 5.91 Å². The molecule has 4 aromatic rings. The van der Waals surface area contributed by atoms with Crippen LogP contribution in [0.1, 0.15) is 34.3 Å². The van der Waals surface area contributed by atoms with Gasteiger partial charge < -0.3 is 20.1 Å². The van der Waals surface area contributed by atoms with Gasteiger partial charge in [-0.25, -0.2) is 9.97 Å². The number of thiophene rings is 1. The van der Waals surface area contributed by atoms with Gasteiger partial charge in [0.25, 0.3) is 5.91 Å². The van der Waals surface area contributed by atoms with Crippen LogP contribution in [-0.4, -0.2) is 38.1 Å². The number of imidazole rings is 1. The van der Waals surface area contributed by atoms with Crippen molar-refractivity contribution in [2.24, 2.45) is 0 Å². The van der Waals surface area contributed by atoms with Gasteiger partial charge >= 0.3 is 0 Å². The number of hydrogen-bond donors (Lipinski definition) is 3. The first-order valence-electron chi connectivity index (χ1n) is 10.4. The number of aryl methyl sites for hydroxylation is 1. The van der Waals surface area contributed by atoms with Gasteiger partial charge in [0.15, 0.2) is 4.34 Å². The summed E-state index contributed by atoms with van der Waals surface area (Å²) < 4.78 is 8.34. The molecule has 1 amide bonds. The van der Waals surface area contributed by atoms with Gasteiger partial charge in [-0.15, -0.1) is 22.7 Å². The predicted molar refractivity (Wildman–Crippen MR) is 131 cm³/mol. The third kappa shape index (κ3) is 6.67. The average molecular weight is 501 g/mol. The Labute approximate surface area is 204 Å². The highest BCUT2D eigenvalue weighted by Gasteiger charge is 2.20. The molecular formula is C23H24N4O3S3. The Kier molecular flexibility index (Phi) is 8.16. The topological polar surface area (TPSA) is 100 Å². The molecule has 3 heterocycles. The largest absolute Gasteiger partial charge is 0.488 e. The number of aliphatic hydroxyl groups is 1. The SMILES string of the molecule is C[C@H](O)[C@@H](CCc1ccccc1OCc1ccc(Sc2nccs2)s1)NC(=O)c1c[nH]cn1. The Bertz CT molecular complexity index is 1140. The fraction of sp³-hybridized carbons (Fsp3) is 0.261. The van der Waals surface area contributed by atoms with Crippen LogP contribution in [0.2, 0.25) is 0 Å². The van der Waals surface area contributed by atoms with Crippen LogP contribution in [-0.2, 0) is 13.0 Å². The van der Waals surface area contributed by atoms with Gasteiger partial charge in [0.2, 0.25) is 0 Å². The lowest BCUT2D eigenvalue weighted by Crippen LogP contribution is -2.42. The van der Waals surface area contributed by atoms with E-state index in [0.29, 0.717) is 25.1 Å². The molecule has 33 heavy (non-hydrogen) atoms. The summed E-state index contributed by atoms with van der Waals surface area (Å²) in [5, 5.41) is 15.0. The van der Waals surface area contributed by atoms with E-state index in [4.69, 9.17) is 4.74 Å². The summed E-state index contributed by atoms with van der Waals surface area (Å²) >= 11 is 4.99. The maximum atomic E-state index is 12.3. The van der Waals surface area contributed by atoms with E-state index in [0.717, 1.165) is 20.5 Å². The highest BCUT2D eigenvalue weighted by molar-refractivity contribution is 8.02. The Morgan fingerprint density at radius 1 is 1.27 bits per heavy atom. The van der Waals surface area contributed by atoms with Crippen LogP contribution in [0.4, 0.5) is 0 Å². The van der Waals surface area contributed by atoms with Crippen LogP contribution in [0.15, 0.2) is 69.0 Å². The zero-order valence-electron chi connectivity index (χ0n) is 17.9. The van der Waals surface area contributed by atoms with E-state index in [1.807, 2.05) is 35.8 Å². The molecule has 0 aliphatic rings. The second-order valence-electron chi connectivity index (χ2n) is 7.33. The summed E-state index contributed by atoms with van der Waals surface area (Å²) in [7, 11) is 0. The Morgan fingerprint density at radius 3 is 2.91 bits per heavy atom. The molecule has 0 radical (unpaired) electrons. The number of aromatic amines is 1.